The van der Waals surface area contributed by atoms with Crippen molar-refractivity contribution in [3.8, 4) is 0 Å². The summed E-state index contributed by atoms with van der Waals surface area (Å²) in [6.45, 7) is 11.9. The average Bonchev–Trinajstić information content (AvgIpc) is 3.23. The zero-order valence-electron chi connectivity index (χ0n) is 18.2. The van der Waals surface area contributed by atoms with E-state index in [1.165, 1.54) is 12.1 Å². The van der Waals surface area contributed by atoms with E-state index in [0.717, 1.165) is 77.0 Å². The molecule has 2 saturated heterocycles. The number of anilines is 1. The fraction of sp³-hybridized carbons (Fsp3) is 0.636. The molecule has 1 atom stereocenters. The lowest BCUT2D eigenvalue weighted by atomic mass is 10.2. The summed E-state index contributed by atoms with van der Waals surface area (Å²) >= 11 is 0. The SMILES string of the molecule is CCNC(=NCCN1CCN(c2ccc(F)cc2)CC1)NC1CCN(C(=O)CC)C1. The van der Waals surface area contributed by atoms with Crippen molar-refractivity contribution < 1.29 is 9.18 Å². The van der Waals surface area contributed by atoms with Crippen molar-refractivity contribution >= 4 is 17.6 Å². The second-order valence-corrected chi connectivity index (χ2v) is 7.89. The molecule has 7 nitrogen and oxygen atoms in total. The zero-order chi connectivity index (χ0) is 21.3. The van der Waals surface area contributed by atoms with Crippen molar-refractivity contribution in [2.75, 3.05) is 63.8 Å². The molecule has 1 unspecified atom stereocenters. The van der Waals surface area contributed by atoms with Crippen molar-refractivity contribution in [2.24, 2.45) is 4.99 Å². The van der Waals surface area contributed by atoms with E-state index in [-0.39, 0.29) is 17.8 Å². The molecule has 1 aromatic rings. The van der Waals surface area contributed by atoms with Crippen LogP contribution in [0.25, 0.3) is 0 Å². The van der Waals surface area contributed by atoms with Gasteiger partial charge in [0.25, 0.3) is 0 Å². The fourth-order valence-electron chi connectivity index (χ4n) is 4.03. The van der Waals surface area contributed by atoms with Crippen molar-refractivity contribution in [1.29, 1.82) is 0 Å². The first-order chi connectivity index (χ1) is 14.6. The summed E-state index contributed by atoms with van der Waals surface area (Å²) in [5.41, 5.74) is 1.08. The number of carbonyl (C=O) groups is 1. The predicted molar refractivity (Wildman–Crippen MR) is 119 cm³/mol. The minimum Gasteiger partial charge on any atom is -0.369 e. The Balaban J connectivity index is 1.41. The van der Waals surface area contributed by atoms with Gasteiger partial charge in [0.2, 0.25) is 5.91 Å². The van der Waals surface area contributed by atoms with Crippen LogP contribution in [0.3, 0.4) is 0 Å². The van der Waals surface area contributed by atoms with Gasteiger partial charge in [-0.1, -0.05) is 6.92 Å². The summed E-state index contributed by atoms with van der Waals surface area (Å²) < 4.78 is 13.1. The lowest BCUT2D eigenvalue weighted by Gasteiger charge is -2.35. The van der Waals surface area contributed by atoms with E-state index in [9.17, 15) is 9.18 Å². The quantitative estimate of drug-likeness (QED) is 0.519. The third-order valence-electron chi connectivity index (χ3n) is 5.78. The van der Waals surface area contributed by atoms with Gasteiger partial charge in [-0.05, 0) is 37.6 Å². The summed E-state index contributed by atoms with van der Waals surface area (Å²) in [5.74, 6) is 0.863. The molecule has 30 heavy (non-hydrogen) atoms. The van der Waals surface area contributed by atoms with E-state index in [1.807, 2.05) is 24.0 Å². The largest absolute Gasteiger partial charge is 0.369 e. The predicted octanol–water partition coefficient (Wildman–Crippen LogP) is 1.51. The van der Waals surface area contributed by atoms with Crippen molar-refractivity contribution in [1.82, 2.24) is 20.4 Å². The third kappa shape index (κ3) is 6.32. The highest BCUT2D eigenvalue weighted by molar-refractivity contribution is 5.80. The van der Waals surface area contributed by atoms with Gasteiger partial charge in [0.15, 0.2) is 5.96 Å². The highest BCUT2D eigenvalue weighted by atomic mass is 19.1. The Morgan fingerprint density at radius 3 is 2.53 bits per heavy atom. The number of hydrogen-bond donors (Lipinski definition) is 2. The number of rotatable bonds is 7. The Labute approximate surface area is 179 Å². The molecule has 3 rings (SSSR count). The number of guanidine groups is 1. The van der Waals surface area contributed by atoms with Gasteiger partial charge in [0.05, 0.1) is 6.54 Å². The second-order valence-electron chi connectivity index (χ2n) is 7.89. The first-order valence-corrected chi connectivity index (χ1v) is 11.1. The Bertz CT molecular complexity index is 702. The average molecular weight is 419 g/mol. The zero-order valence-corrected chi connectivity index (χ0v) is 18.2. The molecule has 2 heterocycles. The molecule has 0 saturated carbocycles. The van der Waals surface area contributed by atoms with Gasteiger partial charge in [0, 0.05) is 70.5 Å². The molecule has 0 aromatic heterocycles. The van der Waals surface area contributed by atoms with Crippen molar-refractivity contribution in [3.63, 3.8) is 0 Å². The van der Waals surface area contributed by atoms with E-state index in [2.05, 4.69) is 27.4 Å². The van der Waals surface area contributed by atoms with Crippen LogP contribution in [0.15, 0.2) is 29.3 Å². The number of benzene rings is 1. The van der Waals surface area contributed by atoms with Gasteiger partial charge in [-0.15, -0.1) is 0 Å². The summed E-state index contributed by atoms with van der Waals surface area (Å²) in [7, 11) is 0. The minimum absolute atomic E-state index is 0.192. The molecule has 1 aromatic carbocycles. The van der Waals surface area contributed by atoms with Gasteiger partial charge in [-0.3, -0.25) is 14.7 Å². The molecule has 2 N–H and O–H groups in total. The molecule has 0 radical (unpaired) electrons. The Hall–Kier alpha value is -2.35. The molecule has 2 aliphatic rings. The highest BCUT2D eigenvalue weighted by Crippen LogP contribution is 2.16. The molecule has 0 spiro atoms. The van der Waals surface area contributed by atoms with Gasteiger partial charge in [-0.25, -0.2) is 4.39 Å². The van der Waals surface area contributed by atoms with Crippen LogP contribution in [-0.2, 0) is 4.79 Å². The molecule has 2 fully saturated rings. The molecular formula is C22H35FN6O. The molecule has 166 valence electrons. The number of piperazine rings is 1. The topological polar surface area (TPSA) is 63.2 Å². The molecule has 0 aliphatic carbocycles. The number of nitrogens with one attached hydrogen (secondary N) is 2. The molecule has 2 aliphatic heterocycles. The Morgan fingerprint density at radius 2 is 1.87 bits per heavy atom. The number of carbonyl (C=O) groups excluding carboxylic acids is 1. The summed E-state index contributed by atoms with van der Waals surface area (Å²) in [6, 6.07) is 7.00. The summed E-state index contributed by atoms with van der Waals surface area (Å²) in [6.07, 6.45) is 1.52. The molecule has 1 amide bonds. The maximum atomic E-state index is 13.1. The number of nitrogens with zero attached hydrogens (tertiary/aromatic N) is 4. The molecule has 8 heteroatoms. The monoisotopic (exact) mass is 418 g/mol. The molecule has 0 bridgehead atoms. The number of amides is 1. The van der Waals surface area contributed by atoms with Crippen LogP contribution >= 0.6 is 0 Å². The Morgan fingerprint density at radius 1 is 1.13 bits per heavy atom. The maximum absolute atomic E-state index is 13.1. The van der Waals surface area contributed by atoms with E-state index >= 15 is 0 Å². The first kappa shape index (κ1) is 22.3. The number of hydrogen-bond acceptors (Lipinski definition) is 4. The van der Waals surface area contributed by atoms with Crippen LogP contribution in [0.4, 0.5) is 10.1 Å². The lowest BCUT2D eigenvalue weighted by Crippen LogP contribution is -2.48. The standard InChI is InChI=1S/C22H35FN6O/c1-3-21(30)29-11-9-19(17-29)26-22(24-4-2)25-10-12-27-13-15-28(16-14-27)20-7-5-18(23)6-8-20/h5-8,19H,3-4,9-17H2,1-2H3,(H2,24,25,26). The summed E-state index contributed by atoms with van der Waals surface area (Å²) in [4.78, 5) is 23.3. The summed E-state index contributed by atoms with van der Waals surface area (Å²) in [5, 5.41) is 6.80. The number of halogens is 1. The smallest absolute Gasteiger partial charge is 0.222 e. The first-order valence-electron chi connectivity index (χ1n) is 11.1. The van der Waals surface area contributed by atoms with E-state index in [1.54, 1.807) is 0 Å². The van der Waals surface area contributed by atoms with Gasteiger partial charge in [-0.2, -0.15) is 0 Å². The van der Waals surface area contributed by atoms with Gasteiger partial charge >= 0.3 is 0 Å². The van der Waals surface area contributed by atoms with Crippen LogP contribution in [-0.4, -0.2) is 86.6 Å². The van der Waals surface area contributed by atoms with E-state index in [4.69, 9.17) is 4.99 Å². The second kappa shape index (κ2) is 11.2. The number of aliphatic imine (C=N–C) groups is 1. The highest BCUT2D eigenvalue weighted by Gasteiger charge is 2.25. The van der Waals surface area contributed by atoms with Crippen LogP contribution in [0.2, 0.25) is 0 Å². The third-order valence-corrected chi connectivity index (χ3v) is 5.78. The van der Waals surface area contributed by atoms with Crippen LogP contribution in [0.1, 0.15) is 26.7 Å². The maximum Gasteiger partial charge on any atom is 0.222 e. The van der Waals surface area contributed by atoms with Crippen LogP contribution in [0.5, 0.6) is 0 Å². The van der Waals surface area contributed by atoms with Gasteiger partial charge < -0.3 is 20.4 Å². The fourth-order valence-corrected chi connectivity index (χ4v) is 4.03. The Kier molecular flexibility index (Phi) is 8.30. The van der Waals surface area contributed by atoms with E-state index < -0.39 is 0 Å². The normalized spacial score (nSPS) is 20.5. The van der Waals surface area contributed by atoms with Crippen molar-refractivity contribution in [3.05, 3.63) is 30.1 Å². The van der Waals surface area contributed by atoms with Gasteiger partial charge in [0.1, 0.15) is 5.82 Å². The van der Waals surface area contributed by atoms with Crippen LogP contribution in [0, 0.1) is 5.82 Å². The number of likely N-dealkylation sites (tertiary alicyclic amines) is 1. The van der Waals surface area contributed by atoms with Crippen molar-refractivity contribution in [2.45, 2.75) is 32.7 Å². The van der Waals surface area contributed by atoms with E-state index in [0.29, 0.717) is 6.42 Å². The van der Waals surface area contributed by atoms with Crippen LogP contribution < -0.4 is 15.5 Å². The lowest BCUT2D eigenvalue weighted by molar-refractivity contribution is -0.129. The minimum atomic E-state index is -0.192. The molecular weight excluding hydrogens is 383 g/mol.